The number of ether oxygens (including phenoxy) is 1. The van der Waals surface area contributed by atoms with Gasteiger partial charge in [0.2, 0.25) is 0 Å². The molecular weight excluding hydrogens is 204 g/mol. The van der Waals surface area contributed by atoms with E-state index in [2.05, 4.69) is 17.1 Å². The Labute approximate surface area is 97.3 Å². The lowest BCUT2D eigenvalue weighted by molar-refractivity contribution is -0.158. The predicted molar refractivity (Wildman–Crippen MR) is 62.3 cm³/mol. The smallest absolute Gasteiger partial charge is 0.253 e. The zero-order valence-electron chi connectivity index (χ0n) is 10.5. The summed E-state index contributed by atoms with van der Waals surface area (Å²) in [4.78, 5) is 14.4. The van der Waals surface area contributed by atoms with Crippen molar-refractivity contribution in [1.82, 2.24) is 10.2 Å². The molecule has 1 amide bonds. The molecule has 0 spiro atoms. The van der Waals surface area contributed by atoms with Gasteiger partial charge < -0.3 is 15.0 Å². The molecule has 2 aliphatic rings. The standard InChI is InChI=1S/C12H22N2O2/c1-11(5-4-6-11)13-10(15)12(2)9-14(3)7-8-16-12/h4-9H2,1-3H3,(H,13,15). The summed E-state index contributed by atoms with van der Waals surface area (Å²) in [6, 6.07) is 0. The maximum Gasteiger partial charge on any atom is 0.253 e. The second-order valence-corrected chi connectivity index (χ2v) is 5.69. The minimum Gasteiger partial charge on any atom is -0.363 e. The third kappa shape index (κ3) is 2.23. The van der Waals surface area contributed by atoms with Crippen LogP contribution in [0, 0.1) is 0 Å². The van der Waals surface area contributed by atoms with E-state index in [9.17, 15) is 4.79 Å². The monoisotopic (exact) mass is 226 g/mol. The van der Waals surface area contributed by atoms with Crippen molar-refractivity contribution in [2.24, 2.45) is 0 Å². The van der Waals surface area contributed by atoms with Gasteiger partial charge in [-0.15, -0.1) is 0 Å². The van der Waals surface area contributed by atoms with Gasteiger partial charge in [-0.1, -0.05) is 0 Å². The molecule has 0 bridgehead atoms. The van der Waals surface area contributed by atoms with Crippen LogP contribution in [0.3, 0.4) is 0 Å². The number of carbonyl (C=O) groups is 1. The number of nitrogens with zero attached hydrogens (tertiary/aromatic N) is 1. The molecule has 1 aliphatic carbocycles. The van der Waals surface area contributed by atoms with Crippen LogP contribution >= 0.6 is 0 Å². The van der Waals surface area contributed by atoms with E-state index in [0.29, 0.717) is 13.2 Å². The molecule has 0 aromatic rings. The average molecular weight is 226 g/mol. The summed E-state index contributed by atoms with van der Waals surface area (Å²) in [6.07, 6.45) is 3.39. The number of likely N-dealkylation sites (N-methyl/N-ethyl adjacent to an activating group) is 1. The summed E-state index contributed by atoms with van der Waals surface area (Å²) in [6.45, 7) is 6.22. The Bertz CT molecular complexity index is 289. The van der Waals surface area contributed by atoms with Crippen LogP contribution in [0.25, 0.3) is 0 Å². The lowest BCUT2D eigenvalue weighted by Crippen LogP contribution is -2.62. The minimum atomic E-state index is -0.675. The van der Waals surface area contributed by atoms with Crippen LogP contribution in [0.5, 0.6) is 0 Å². The molecule has 0 aromatic heterocycles. The Hall–Kier alpha value is -0.610. The van der Waals surface area contributed by atoms with Crippen LogP contribution in [0.4, 0.5) is 0 Å². The molecule has 92 valence electrons. The van der Waals surface area contributed by atoms with Gasteiger partial charge >= 0.3 is 0 Å². The fraction of sp³-hybridized carbons (Fsp3) is 0.917. The van der Waals surface area contributed by atoms with Crippen molar-refractivity contribution >= 4 is 5.91 Å². The van der Waals surface area contributed by atoms with Crippen molar-refractivity contribution in [3.63, 3.8) is 0 Å². The first-order chi connectivity index (χ1) is 7.44. The Morgan fingerprint density at radius 2 is 2.06 bits per heavy atom. The van der Waals surface area contributed by atoms with Gasteiger partial charge in [-0.05, 0) is 40.2 Å². The van der Waals surface area contributed by atoms with Crippen molar-refractivity contribution < 1.29 is 9.53 Å². The van der Waals surface area contributed by atoms with Gasteiger partial charge in [0.15, 0.2) is 5.60 Å². The number of hydrogen-bond donors (Lipinski definition) is 1. The van der Waals surface area contributed by atoms with Gasteiger partial charge in [0, 0.05) is 18.6 Å². The number of morpholine rings is 1. The zero-order valence-corrected chi connectivity index (χ0v) is 10.5. The van der Waals surface area contributed by atoms with E-state index in [1.165, 1.54) is 6.42 Å². The quantitative estimate of drug-likeness (QED) is 0.756. The van der Waals surface area contributed by atoms with E-state index in [1.54, 1.807) is 0 Å². The topological polar surface area (TPSA) is 41.6 Å². The highest BCUT2D eigenvalue weighted by molar-refractivity contribution is 5.86. The maximum atomic E-state index is 12.2. The van der Waals surface area contributed by atoms with Crippen LogP contribution < -0.4 is 5.32 Å². The summed E-state index contributed by atoms with van der Waals surface area (Å²) < 4.78 is 5.66. The van der Waals surface area contributed by atoms with E-state index < -0.39 is 5.60 Å². The van der Waals surface area contributed by atoms with E-state index in [-0.39, 0.29) is 11.4 Å². The number of amides is 1. The first-order valence-electron chi connectivity index (χ1n) is 6.09. The molecular formula is C12H22N2O2. The Morgan fingerprint density at radius 1 is 1.38 bits per heavy atom. The predicted octanol–water partition coefficient (Wildman–Crippen LogP) is 0.766. The number of carbonyl (C=O) groups excluding carboxylic acids is 1. The minimum absolute atomic E-state index is 0.0134. The normalized spacial score (nSPS) is 34.2. The highest BCUT2D eigenvalue weighted by Gasteiger charge is 2.42. The molecule has 1 heterocycles. The third-order valence-corrected chi connectivity index (χ3v) is 3.82. The summed E-state index contributed by atoms with van der Waals surface area (Å²) >= 11 is 0. The summed E-state index contributed by atoms with van der Waals surface area (Å²) in [5.41, 5.74) is -0.662. The SMILES string of the molecule is CN1CCOC(C)(C(=O)NC2(C)CCC2)C1. The van der Waals surface area contributed by atoms with Crippen molar-refractivity contribution in [2.45, 2.75) is 44.2 Å². The first-order valence-corrected chi connectivity index (χ1v) is 6.09. The second-order valence-electron chi connectivity index (χ2n) is 5.69. The van der Waals surface area contributed by atoms with Crippen LogP contribution in [0.15, 0.2) is 0 Å². The van der Waals surface area contributed by atoms with Crippen LogP contribution in [-0.4, -0.2) is 48.7 Å². The Balaban J connectivity index is 1.97. The highest BCUT2D eigenvalue weighted by atomic mass is 16.5. The molecule has 1 saturated heterocycles. The summed E-state index contributed by atoms with van der Waals surface area (Å²) in [5.74, 6) is 0.0428. The molecule has 4 heteroatoms. The largest absolute Gasteiger partial charge is 0.363 e. The van der Waals surface area contributed by atoms with Gasteiger partial charge in [0.1, 0.15) is 0 Å². The zero-order chi connectivity index (χ0) is 11.8. The van der Waals surface area contributed by atoms with Crippen molar-refractivity contribution in [2.75, 3.05) is 26.7 Å². The molecule has 1 saturated carbocycles. The maximum absolute atomic E-state index is 12.2. The summed E-state index contributed by atoms with van der Waals surface area (Å²) in [5, 5.41) is 3.13. The van der Waals surface area contributed by atoms with E-state index in [4.69, 9.17) is 4.74 Å². The van der Waals surface area contributed by atoms with Crippen molar-refractivity contribution in [3.05, 3.63) is 0 Å². The van der Waals surface area contributed by atoms with Gasteiger partial charge in [-0.25, -0.2) is 0 Å². The van der Waals surface area contributed by atoms with Crippen LogP contribution in [0.1, 0.15) is 33.1 Å². The number of nitrogens with one attached hydrogen (secondary N) is 1. The lowest BCUT2D eigenvalue weighted by atomic mass is 9.78. The lowest BCUT2D eigenvalue weighted by Gasteiger charge is -2.44. The van der Waals surface area contributed by atoms with Crippen molar-refractivity contribution in [1.29, 1.82) is 0 Å². The highest BCUT2D eigenvalue weighted by Crippen LogP contribution is 2.32. The van der Waals surface area contributed by atoms with Gasteiger partial charge in [0.05, 0.1) is 6.61 Å². The molecule has 1 aliphatic heterocycles. The molecule has 1 atom stereocenters. The van der Waals surface area contributed by atoms with Gasteiger partial charge in [-0.3, -0.25) is 4.79 Å². The van der Waals surface area contributed by atoms with Gasteiger partial charge in [-0.2, -0.15) is 0 Å². The van der Waals surface area contributed by atoms with Crippen LogP contribution in [-0.2, 0) is 9.53 Å². The number of hydrogen-bond acceptors (Lipinski definition) is 3. The first kappa shape index (κ1) is 11.9. The molecule has 2 rings (SSSR count). The molecule has 16 heavy (non-hydrogen) atoms. The fourth-order valence-electron chi connectivity index (χ4n) is 2.44. The Morgan fingerprint density at radius 3 is 2.56 bits per heavy atom. The second kappa shape index (κ2) is 4.00. The summed E-state index contributed by atoms with van der Waals surface area (Å²) in [7, 11) is 2.03. The molecule has 0 aromatic carbocycles. The average Bonchev–Trinajstić information content (AvgIpc) is 2.15. The van der Waals surface area contributed by atoms with Crippen LogP contribution in [0.2, 0.25) is 0 Å². The fourth-order valence-corrected chi connectivity index (χ4v) is 2.44. The number of rotatable bonds is 2. The molecule has 1 unspecified atom stereocenters. The molecule has 1 N–H and O–H groups in total. The Kier molecular flexibility index (Phi) is 2.97. The van der Waals surface area contributed by atoms with Gasteiger partial charge in [0.25, 0.3) is 5.91 Å². The van der Waals surface area contributed by atoms with E-state index in [0.717, 1.165) is 19.4 Å². The van der Waals surface area contributed by atoms with Crippen molar-refractivity contribution in [3.8, 4) is 0 Å². The molecule has 0 radical (unpaired) electrons. The third-order valence-electron chi connectivity index (χ3n) is 3.82. The molecule has 2 fully saturated rings. The molecule has 4 nitrogen and oxygen atoms in total. The van der Waals surface area contributed by atoms with E-state index in [1.807, 2.05) is 14.0 Å². The van der Waals surface area contributed by atoms with E-state index >= 15 is 0 Å².